The minimum atomic E-state index is -1.14. The molecule has 3 unspecified atom stereocenters. The van der Waals surface area contributed by atoms with Crippen molar-refractivity contribution >= 4 is 29.9 Å². The maximum atomic E-state index is 10.7. The van der Waals surface area contributed by atoms with E-state index in [9.17, 15) is 5.11 Å². The van der Waals surface area contributed by atoms with Crippen LogP contribution < -0.4 is 10.6 Å². The fraction of sp³-hybridized carbons (Fsp3) is 0.737. The predicted molar refractivity (Wildman–Crippen MR) is 119 cm³/mol. The Labute approximate surface area is 180 Å². The average Bonchev–Trinajstić information content (AvgIpc) is 3.05. The zero-order valence-electron chi connectivity index (χ0n) is 17.1. The van der Waals surface area contributed by atoms with Crippen LogP contribution in [0.15, 0.2) is 21.5 Å². The molecule has 27 heavy (non-hydrogen) atoms. The fourth-order valence-electron chi connectivity index (χ4n) is 3.13. The lowest BCUT2D eigenvalue weighted by Gasteiger charge is -2.38. The zero-order chi connectivity index (χ0) is 19.2. The van der Waals surface area contributed by atoms with Crippen molar-refractivity contribution in [3.05, 3.63) is 23.7 Å². The lowest BCUT2D eigenvalue weighted by molar-refractivity contribution is -0.0174. The van der Waals surface area contributed by atoms with Crippen molar-refractivity contribution in [2.75, 3.05) is 39.4 Å². The van der Waals surface area contributed by atoms with Gasteiger partial charge in [0.15, 0.2) is 5.96 Å². The van der Waals surface area contributed by atoms with E-state index in [1.165, 1.54) is 0 Å². The van der Waals surface area contributed by atoms with Gasteiger partial charge in [-0.3, -0.25) is 4.90 Å². The molecule has 1 saturated heterocycles. The number of aliphatic imine (C=N–C) groups is 1. The highest BCUT2D eigenvalue weighted by Crippen LogP contribution is 2.23. The Kier molecular flexibility index (Phi) is 10.1. The monoisotopic (exact) mass is 494 g/mol. The molecule has 1 fully saturated rings. The third kappa shape index (κ3) is 7.24. The SMILES string of the molecule is CCNC(=NCC(C)(O)c1ccc(C)o1)NCC(C)N1CCOCC1C.I. The Hall–Kier alpha value is -0.840. The van der Waals surface area contributed by atoms with Gasteiger partial charge in [0.25, 0.3) is 0 Å². The third-order valence-electron chi connectivity index (χ3n) is 4.71. The van der Waals surface area contributed by atoms with Gasteiger partial charge in [0.05, 0.1) is 19.8 Å². The van der Waals surface area contributed by atoms with E-state index in [1.54, 1.807) is 13.0 Å². The molecule has 0 aromatic carbocycles. The Bertz CT molecular complexity index is 591. The van der Waals surface area contributed by atoms with Gasteiger partial charge in [0.2, 0.25) is 0 Å². The summed E-state index contributed by atoms with van der Waals surface area (Å²) in [5.41, 5.74) is -1.14. The van der Waals surface area contributed by atoms with Gasteiger partial charge >= 0.3 is 0 Å². The van der Waals surface area contributed by atoms with Crippen LogP contribution in [0, 0.1) is 6.92 Å². The van der Waals surface area contributed by atoms with Crippen LogP contribution in [-0.4, -0.2) is 67.4 Å². The number of guanidine groups is 1. The minimum Gasteiger partial charge on any atom is -0.463 e. The van der Waals surface area contributed by atoms with Crippen LogP contribution in [0.4, 0.5) is 0 Å². The van der Waals surface area contributed by atoms with Crippen LogP contribution in [0.1, 0.15) is 39.2 Å². The van der Waals surface area contributed by atoms with Gasteiger partial charge in [0.1, 0.15) is 17.1 Å². The number of aliphatic hydroxyl groups is 1. The summed E-state index contributed by atoms with van der Waals surface area (Å²) in [6, 6.07) is 4.43. The molecular formula is C19H35IN4O3. The fourth-order valence-corrected chi connectivity index (χ4v) is 3.13. The van der Waals surface area contributed by atoms with Gasteiger partial charge in [-0.15, -0.1) is 24.0 Å². The van der Waals surface area contributed by atoms with E-state index in [1.807, 2.05) is 19.9 Å². The van der Waals surface area contributed by atoms with Gasteiger partial charge < -0.3 is 24.9 Å². The van der Waals surface area contributed by atoms with Crippen molar-refractivity contribution in [1.29, 1.82) is 0 Å². The van der Waals surface area contributed by atoms with Gasteiger partial charge in [-0.1, -0.05) is 0 Å². The number of ether oxygens (including phenoxy) is 1. The smallest absolute Gasteiger partial charge is 0.191 e. The highest BCUT2D eigenvalue weighted by molar-refractivity contribution is 14.0. The molecule has 0 spiro atoms. The number of nitrogens with one attached hydrogen (secondary N) is 2. The number of furan rings is 1. The van der Waals surface area contributed by atoms with Crippen molar-refractivity contribution in [1.82, 2.24) is 15.5 Å². The van der Waals surface area contributed by atoms with Crippen molar-refractivity contribution in [3.8, 4) is 0 Å². The molecule has 0 bridgehead atoms. The first-order valence-corrected chi connectivity index (χ1v) is 9.48. The van der Waals surface area contributed by atoms with Gasteiger partial charge in [-0.05, 0) is 46.8 Å². The molecule has 1 aromatic heterocycles. The first-order valence-electron chi connectivity index (χ1n) is 9.48. The molecule has 156 valence electrons. The molecule has 8 heteroatoms. The van der Waals surface area contributed by atoms with Crippen molar-refractivity contribution in [2.24, 2.45) is 4.99 Å². The minimum absolute atomic E-state index is 0. The Balaban J connectivity index is 0.00000364. The Morgan fingerprint density at radius 3 is 2.78 bits per heavy atom. The molecule has 7 nitrogen and oxygen atoms in total. The molecule has 0 saturated carbocycles. The molecule has 0 radical (unpaired) electrons. The van der Waals surface area contributed by atoms with Crippen LogP contribution in [0.25, 0.3) is 0 Å². The van der Waals surface area contributed by atoms with Crippen LogP contribution in [0.5, 0.6) is 0 Å². The summed E-state index contributed by atoms with van der Waals surface area (Å²) in [7, 11) is 0. The van der Waals surface area contributed by atoms with Crippen molar-refractivity contribution < 1.29 is 14.3 Å². The second kappa shape index (κ2) is 11.2. The van der Waals surface area contributed by atoms with E-state index in [4.69, 9.17) is 9.15 Å². The van der Waals surface area contributed by atoms with Crippen LogP contribution in [-0.2, 0) is 10.3 Å². The largest absolute Gasteiger partial charge is 0.463 e. The summed E-state index contributed by atoms with van der Waals surface area (Å²) in [6.45, 7) is 14.3. The quantitative estimate of drug-likeness (QED) is 0.306. The maximum absolute atomic E-state index is 10.7. The topological polar surface area (TPSA) is 82.3 Å². The van der Waals surface area contributed by atoms with Gasteiger partial charge in [-0.2, -0.15) is 0 Å². The summed E-state index contributed by atoms with van der Waals surface area (Å²) < 4.78 is 11.1. The first kappa shape index (κ1) is 24.2. The van der Waals surface area contributed by atoms with Crippen LogP contribution in [0.3, 0.4) is 0 Å². The van der Waals surface area contributed by atoms with E-state index in [2.05, 4.69) is 34.4 Å². The Morgan fingerprint density at radius 2 is 2.19 bits per heavy atom. The number of aryl methyl sites for hydroxylation is 1. The third-order valence-corrected chi connectivity index (χ3v) is 4.71. The number of halogens is 1. The average molecular weight is 494 g/mol. The van der Waals surface area contributed by atoms with E-state index in [-0.39, 0.29) is 30.5 Å². The summed E-state index contributed by atoms with van der Waals surface area (Å²) >= 11 is 0. The number of rotatable bonds is 7. The maximum Gasteiger partial charge on any atom is 0.191 e. The highest BCUT2D eigenvalue weighted by Gasteiger charge is 2.27. The molecule has 1 aromatic rings. The molecule has 3 N–H and O–H groups in total. The molecule has 1 aliphatic rings. The second-order valence-corrected chi connectivity index (χ2v) is 7.27. The van der Waals surface area contributed by atoms with Crippen molar-refractivity contribution in [3.63, 3.8) is 0 Å². The molecular weight excluding hydrogens is 459 g/mol. The summed E-state index contributed by atoms with van der Waals surface area (Å²) in [5.74, 6) is 2.01. The molecule has 0 aliphatic carbocycles. The van der Waals surface area contributed by atoms with Crippen LogP contribution >= 0.6 is 24.0 Å². The lowest BCUT2D eigenvalue weighted by atomic mass is 10.0. The molecule has 2 rings (SSSR count). The standard InChI is InChI=1S/C19H34N4O3.HI/c1-6-20-18(21-11-14(2)23-9-10-25-12-15(23)3)22-13-19(5,24)17-8-7-16(4)26-17;/h7-8,14-15,24H,6,9-13H2,1-5H3,(H2,20,21,22);1H. The van der Waals surface area contributed by atoms with Gasteiger partial charge in [0, 0.05) is 31.7 Å². The van der Waals surface area contributed by atoms with E-state index in [0.29, 0.717) is 23.8 Å². The number of hydrogen-bond donors (Lipinski definition) is 3. The van der Waals surface area contributed by atoms with Gasteiger partial charge in [-0.25, -0.2) is 4.99 Å². The predicted octanol–water partition coefficient (Wildman–Crippen LogP) is 2.08. The van der Waals surface area contributed by atoms with Crippen molar-refractivity contribution in [2.45, 2.75) is 52.3 Å². The number of nitrogens with zero attached hydrogens (tertiary/aromatic N) is 2. The molecule has 1 aliphatic heterocycles. The normalized spacial score (nSPS) is 21.9. The number of hydrogen-bond acceptors (Lipinski definition) is 5. The molecule has 0 amide bonds. The second-order valence-electron chi connectivity index (χ2n) is 7.27. The van der Waals surface area contributed by atoms with Crippen LogP contribution in [0.2, 0.25) is 0 Å². The summed E-state index contributed by atoms with van der Waals surface area (Å²) in [6.07, 6.45) is 0. The number of morpholine rings is 1. The van der Waals surface area contributed by atoms with E-state index >= 15 is 0 Å². The lowest BCUT2D eigenvalue weighted by Crippen LogP contribution is -2.53. The molecule has 3 atom stereocenters. The van der Waals surface area contributed by atoms with E-state index in [0.717, 1.165) is 38.6 Å². The summed E-state index contributed by atoms with van der Waals surface area (Å²) in [5, 5.41) is 17.3. The Morgan fingerprint density at radius 1 is 1.44 bits per heavy atom. The van der Waals surface area contributed by atoms with E-state index < -0.39 is 5.60 Å². The highest BCUT2D eigenvalue weighted by atomic mass is 127. The first-order chi connectivity index (χ1) is 12.3. The zero-order valence-corrected chi connectivity index (χ0v) is 19.4. The molecule has 2 heterocycles. The summed E-state index contributed by atoms with van der Waals surface area (Å²) in [4.78, 5) is 6.99.